The third kappa shape index (κ3) is 4.58. The van der Waals surface area contributed by atoms with Crippen LogP contribution in [0.4, 0.5) is 0 Å². The third-order valence-corrected chi connectivity index (χ3v) is 5.01. The summed E-state index contributed by atoms with van der Waals surface area (Å²) in [5.74, 6) is 5.79. The van der Waals surface area contributed by atoms with E-state index in [0.29, 0.717) is 0 Å². The van der Waals surface area contributed by atoms with Crippen molar-refractivity contribution in [2.75, 3.05) is 6.61 Å². The minimum atomic E-state index is -0.393. The average molecular weight is 362 g/mol. The van der Waals surface area contributed by atoms with Crippen molar-refractivity contribution in [2.24, 2.45) is 0 Å². The summed E-state index contributed by atoms with van der Waals surface area (Å²) in [4.78, 5) is 0. The molecule has 0 spiro atoms. The Balaban J connectivity index is 2.23. The Hall–Kier alpha value is -1.51. The summed E-state index contributed by atoms with van der Waals surface area (Å²) in [5, 5.41) is 8.86. The zero-order valence-electron chi connectivity index (χ0n) is 10.4. The molecule has 2 aromatic carbocycles. The van der Waals surface area contributed by atoms with Crippen molar-refractivity contribution in [3.63, 3.8) is 0 Å². The first-order valence-electron chi connectivity index (χ1n) is 5.97. The summed E-state index contributed by atoms with van der Waals surface area (Å²) in [6.07, 6.45) is 0. The zero-order valence-corrected chi connectivity index (χ0v) is 12.7. The van der Waals surface area contributed by atoms with Gasteiger partial charge in [-0.1, -0.05) is 0 Å². The Labute approximate surface area is 124 Å². The molecule has 0 aliphatic heterocycles. The normalized spacial score (nSPS) is 10.7. The van der Waals surface area contributed by atoms with Gasteiger partial charge in [-0.3, -0.25) is 0 Å². The van der Waals surface area contributed by atoms with E-state index in [9.17, 15) is 0 Å². The molecule has 0 saturated heterocycles. The molecule has 94 valence electrons. The second-order valence-corrected chi connectivity index (χ2v) is 6.48. The first-order chi connectivity index (χ1) is 9.40. The van der Waals surface area contributed by atoms with Crippen molar-refractivity contribution in [2.45, 2.75) is 0 Å². The van der Waals surface area contributed by atoms with E-state index in [1.807, 2.05) is 24.3 Å². The van der Waals surface area contributed by atoms with Crippen LogP contribution in [0.2, 0.25) is 0 Å². The first kappa shape index (κ1) is 13.9. The van der Waals surface area contributed by atoms with Crippen LogP contribution in [0, 0.1) is 11.8 Å². The van der Waals surface area contributed by atoms with Crippen LogP contribution in [0.15, 0.2) is 64.8 Å². The summed E-state index contributed by atoms with van der Waals surface area (Å²) < 4.78 is 3.62. The predicted molar refractivity (Wildman–Crippen MR) is 81.1 cm³/mol. The molecule has 0 amide bonds. The van der Waals surface area contributed by atoms with Crippen LogP contribution in [-0.4, -0.2) is 32.6 Å². The maximum atomic E-state index is 8.86. The third-order valence-electron chi connectivity index (χ3n) is 2.44. The number of aliphatic hydroxyl groups is 1. The number of aliphatic hydroxyl groups excluding tert-OH is 1. The van der Waals surface area contributed by atoms with Crippen LogP contribution in [0.25, 0.3) is 5.57 Å². The standard InChI is InChI=1S/C17H14OTe/c18-13-7-10-16(15-8-3-1-4-9-15)14-19-17-11-5-2-6-12-17/h1-6,8-9,11-12,14,18H,13H2/b16-14-. The number of benzene rings is 2. The molecule has 0 unspecified atom stereocenters. The summed E-state index contributed by atoms with van der Waals surface area (Å²) in [5.41, 5.74) is 2.13. The van der Waals surface area contributed by atoms with Crippen LogP contribution in [0.1, 0.15) is 5.56 Å². The Bertz CT molecular complexity index is 591. The van der Waals surface area contributed by atoms with E-state index >= 15 is 0 Å². The Morgan fingerprint density at radius 3 is 2.26 bits per heavy atom. The van der Waals surface area contributed by atoms with Crippen LogP contribution < -0.4 is 3.61 Å². The van der Waals surface area contributed by atoms with Crippen LogP contribution in [0.3, 0.4) is 0 Å². The van der Waals surface area contributed by atoms with Crippen molar-refractivity contribution in [1.29, 1.82) is 0 Å². The molecule has 2 heteroatoms. The molecule has 1 N–H and O–H groups in total. The fourth-order valence-corrected chi connectivity index (χ4v) is 3.73. The summed E-state index contributed by atoms with van der Waals surface area (Å²) in [6.45, 7) is -0.101. The molecule has 0 saturated carbocycles. The van der Waals surface area contributed by atoms with Gasteiger partial charge in [0.15, 0.2) is 0 Å². The van der Waals surface area contributed by atoms with E-state index in [1.165, 1.54) is 3.61 Å². The molecule has 0 aliphatic rings. The maximum absolute atomic E-state index is 8.86. The van der Waals surface area contributed by atoms with E-state index in [4.69, 9.17) is 5.11 Å². The number of allylic oxidation sites excluding steroid dienone is 1. The van der Waals surface area contributed by atoms with Gasteiger partial charge in [-0.15, -0.1) is 0 Å². The molecule has 0 atom stereocenters. The van der Waals surface area contributed by atoms with Crippen LogP contribution in [-0.2, 0) is 0 Å². The van der Waals surface area contributed by atoms with Crippen molar-refractivity contribution >= 4 is 30.1 Å². The summed E-state index contributed by atoms with van der Waals surface area (Å²) in [6, 6.07) is 20.6. The van der Waals surface area contributed by atoms with Crippen molar-refractivity contribution in [1.82, 2.24) is 0 Å². The fraction of sp³-hybridized carbons (Fsp3) is 0.0588. The summed E-state index contributed by atoms with van der Waals surface area (Å²) >= 11 is -0.393. The molecule has 1 nitrogen and oxygen atoms in total. The number of hydrogen-bond donors (Lipinski definition) is 1. The molecular weight excluding hydrogens is 348 g/mol. The molecule has 0 aliphatic carbocycles. The van der Waals surface area contributed by atoms with Crippen LogP contribution >= 0.6 is 0 Å². The molecule has 0 heterocycles. The molecule has 0 fully saturated rings. The average Bonchev–Trinajstić information content (AvgIpc) is 2.49. The SMILES string of the molecule is OCC#C/C(=C/[Te]c1ccccc1)c1ccccc1. The van der Waals surface area contributed by atoms with Gasteiger partial charge in [0, 0.05) is 0 Å². The topological polar surface area (TPSA) is 20.2 Å². The second-order valence-electron chi connectivity index (χ2n) is 3.79. The van der Waals surface area contributed by atoms with Crippen molar-refractivity contribution in [3.8, 4) is 11.8 Å². The van der Waals surface area contributed by atoms with Gasteiger partial charge in [0.25, 0.3) is 0 Å². The number of rotatable bonds is 3. The van der Waals surface area contributed by atoms with Gasteiger partial charge in [-0.25, -0.2) is 0 Å². The Morgan fingerprint density at radius 1 is 1.00 bits per heavy atom. The van der Waals surface area contributed by atoms with Gasteiger partial charge in [-0.2, -0.15) is 0 Å². The quantitative estimate of drug-likeness (QED) is 0.655. The molecule has 0 aromatic heterocycles. The van der Waals surface area contributed by atoms with E-state index in [2.05, 4.69) is 52.4 Å². The van der Waals surface area contributed by atoms with E-state index < -0.39 is 20.9 Å². The van der Waals surface area contributed by atoms with Crippen LogP contribution in [0.5, 0.6) is 0 Å². The molecule has 0 radical (unpaired) electrons. The van der Waals surface area contributed by atoms with E-state index in [1.54, 1.807) is 0 Å². The van der Waals surface area contributed by atoms with Crippen molar-refractivity contribution in [3.05, 3.63) is 70.4 Å². The fourth-order valence-electron chi connectivity index (χ4n) is 1.55. The van der Waals surface area contributed by atoms with Gasteiger partial charge < -0.3 is 0 Å². The van der Waals surface area contributed by atoms with Gasteiger partial charge in [0.05, 0.1) is 0 Å². The van der Waals surface area contributed by atoms with Gasteiger partial charge in [0.1, 0.15) is 0 Å². The minimum absolute atomic E-state index is 0.101. The molecule has 2 aromatic rings. The molecule has 0 bridgehead atoms. The van der Waals surface area contributed by atoms with Gasteiger partial charge >= 0.3 is 124 Å². The molecular formula is C17H14OTe. The van der Waals surface area contributed by atoms with Gasteiger partial charge in [-0.05, 0) is 0 Å². The zero-order chi connectivity index (χ0) is 13.3. The molecule has 19 heavy (non-hydrogen) atoms. The van der Waals surface area contributed by atoms with E-state index in [0.717, 1.165) is 11.1 Å². The second kappa shape index (κ2) is 7.82. The number of hydrogen-bond acceptors (Lipinski definition) is 1. The Morgan fingerprint density at radius 2 is 1.63 bits per heavy atom. The predicted octanol–water partition coefficient (Wildman–Crippen LogP) is 2.05. The first-order valence-corrected chi connectivity index (χ1v) is 8.48. The van der Waals surface area contributed by atoms with Crippen molar-refractivity contribution < 1.29 is 5.11 Å². The van der Waals surface area contributed by atoms with E-state index in [-0.39, 0.29) is 6.61 Å². The Kier molecular flexibility index (Phi) is 5.73. The van der Waals surface area contributed by atoms with Gasteiger partial charge in [0.2, 0.25) is 0 Å². The monoisotopic (exact) mass is 364 g/mol. The molecule has 2 rings (SSSR count). The summed E-state index contributed by atoms with van der Waals surface area (Å²) in [7, 11) is 0.